The second-order valence-corrected chi connectivity index (χ2v) is 5.85. The maximum Gasteiger partial charge on any atom is 0.0518 e. The molecule has 1 saturated heterocycles. The first-order valence-electron chi connectivity index (χ1n) is 7.34. The summed E-state index contributed by atoms with van der Waals surface area (Å²) in [7, 11) is 0. The normalized spacial score (nSPS) is 25.9. The second-order valence-electron chi connectivity index (χ2n) is 5.85. The minimum Gasteiger partial charge on any atom is -0.379 e. The van der Waals surface area contributed by atoms with Gasteiger partial charge in [0.2, 0.25) is 0 Å². The maximum atomic E-state index is 5.56. The van der Waals surface area contributed by atoms with Crippen LogP contribution in [0.15, 0.2) is 0 Å². The fourth-order valence-corrected chi connectivity index (χ4v) is 2.51. The van der Waals surface area contributed by atoms with E-state index in [0.717, 1.165) is 18.7 Å². The Morgan fingerprint density at radius 2 is 2.00 bits per heavy atom. The third-order valence-corrected chi connectivity index (χ3v) is 3.64. The average molecular weight is 240 g/mol. The standard InChI is InChI=1S/C14H28N2O/c1-12(2)17-10-4-3-8-16-9-7-14(11-16)15-13-5-6-13/h12-15H,3-11H2,1-2H3. The quantitative estimate of drug-likeness (QED) is 0.657. The van der Waals surface area contributed by atoms with Crippen molar-refractivity contribution in [1.29, 1.82) is 0 Å². The first-order chi connectivity index (χ1) is 8.24. The Morgan fingerprint density at radius 1 is 1.18 bits per heavy atom. The van der Waals surface area contributed by atoms with Gasteiger partial charge in [0.05, 0.1) is 6.10 Å². The van der Waals surface area contributed by atoms with Crippen LogP contribution in [-0.2, 0) is 4.74 Å². The maximum absolute atomic E-state index is 5.56. The molecule has 1 aliphatic carbocycles. The van der Waals surface area contributed by atoms with Gasteiger partial charge in [-0.3, -0.25) is 0 Å². The van der Waals surface area contributed by atoms with E-state index in [0.29, 0.717) is 6.10 Å². The summed E-state index contributed by atoms with van der Waals surface area (Å²) in [5.41, 5.74) is 0. The lowest BCUT2D eigenvalue weighted by atomic mass is 10.2. The highest BCUT2D eigenvalue weighted by Gasteiger charge is 2.28. The molecule has 0 radical (unpaired) electrons. The molecule has 2 aliphatic rings. The Balaban J connectivity index is 1.46. The van der Waals surface area contributed by atoms with Crippen molar-refractivity contribution in [2.45, 2.75) is 64.1 Å². The van der Waals surface area contributed by atoms with Crippen molar-refractivity contribution in [3.8, 4) is 0 Å². The van der Waals surface area contributed by atoms with Gasteiger partial charge in [-0.1, -0.05) is 0 Å². The second kappa shape index (κ2) is 6.72. The van der Waals surface area contributed by atoms with Gasteiger partial charge >= 0.3 is 0 Å². The predicted octanol–water partition coefficient (Wildman–Crippen LogP) is 2.02. The number of hydrogen-bond acceptors (Lipinski definition) is 3. The lowest BCUT2D eigenvalue weighted by molar-refractivity contribution is 0.0746. The molecule has 17 heavy (non-hydrogen) atoms. The molecule has 2 fully saturated rings. The Bertz CT molecular complexity index is 216. The van der Waals surface area contributed by atoms with Gasteiger partial charge in [0.1, 0.15) is 0 Å². The van der Waals surface area contributed by atoms with E-state index in [2.05, 4.69) is 24.1 Å². The molecule has 0 spiro atoms. The van der Waals surface area contributed by atoms with E-state index >= 15 is 0 Å². The zero-order valence-corrected chi connectivity index (χ0v) is 11.5. The Morgan fingerprint density at radius 3 is 2.71 bits per heavy atom. The summed E-state index contributed by atoms with van der Waals surface area (Å²) in [5.74, 6) is 0. The van der Waals surface area contributed by atoms with E-state index in [1.807, 2.05) is 0 Å². The highest BCUT2D eigenvalue weighted by molar-refractivity contribution is 4.89. The molecular formula is C14H28N2O. The monoisotopic (exact) mass is 240 g/mol. The molecule has 1 N–H and O–H groups in total. The lowest BCUT2D eigenvalue weighted by Crippen LogP contribution is -2.34. The van der Waals surface area contributed by atoms with E-state index in [4.69, 9.17) is 4.74 Å². The van der Waals surface area contributed by atoms with Crippen LogP contribution in [0.1, 0.15) is 46.0 Å². The number of ether oxygens (including phenoxy) is 1. The summed E-state index contributed by atoms with van der Waals surface area (Å²) in [6, 6.07) is 1.63. The molecule has 3 heteroatoms. The molecule has 0 aromatic rings. The fourth-order valence-electron chi connectivity index (χ4n) is 2.51. The van der Waals surface area contributed by atoms with Crippen molar-refractivity contribution in [3.63, 3.8) is 0 Å². The summed E-state index contributed by atoms with van der Waals surface area (Å²) in [6.07, 6.45) is 7.03. The summed E-state index contributed by atoms with van der Waals surface area (Å²) in [6.45, 7) is 8.94. The first-order valence-corrected chi connectivity index (χ1v) is 7.34. The van der Waals surface area contributed by atoms with Gasteiger partial charge in [0, 0.05) is 25.2 Å². The van der Waals surface area contributed by atoms with Crippen molar-refractivity contribution >= 4 is 0 Å². The fraction of sp³-hybridized carbons (Fsp3) is 1.00. The van der Waals surface area contributed by atoms with Crippen LogP contribution in [0.3, 0.4) is 0 Å². The molecule has 1 atom stereocenters. The van der Waals surface area contributed by atoms with Gasteiger partial charge in [-0.25, -0.2) is 0 Å². The van der Waals surface area contributed by atoms with Gasteiger partial charge in [0.25, 0.3) is 0 Å². The highest BCUT2D eigenvalue weighted by Crippen LogP contribution is 2.22. The first kappa shape index (κ1) is 13.3. The third kappa shape index (κ3) is 5.36. The van der Waals surface area contributed by atoms with Gasteiger partial charge < -0.3 is 15.0 Å². The Hall–Kier alpha value is -0.120. The van der Waals surface area contributed by atoms with Crippen LogP contribution in [-0.4, -0.2) is 49.3 Å². The molecular weight excluding hydrogens is 212 g/mol. The lowest BCUT2D eigenvalue weighted by Gasteiger charge is -2.16. The summed E-state index contributed by atoms with van der Waals surface area (Å²) < 4.78 is 5.56. The van der Waals surface area contributed by atoms with Crippen LogP contribution in [0.25, 0.3) is 0 Å². The zero-order chi connectivity index (χ0) is 12.1. The number of likely N-dealkylation sites (tertiary alicyclic amines) is 1. The van der Waals surface area contributed by atoms with Gasteiger partial charge in [0.15, 0.2) is 0 Å². The molecule has 3 nitrogen and oxygen atoms in total. The van der Waals surface area contributed by atoms with Crippen LogP contribution in [0.2, 0.25) is 0 Å². The van der Waals surface area contributed by atoms with E-state index in [9.17, 15) is 0 Å². The topological polar surface area (TPSA) is 24.5 Å². The average Bonchev–Trinajstić information content (AvgIpc) is 2.97. The van der Waals surface area contributed by atoms with E-state index in [1.54, 1.807) is 0 Å². The molecule has 2 rings (SSSR count). The molecule has 0 aromatic heterocycles. The smallest absolute Gasteiger partial charge is 0.0518 e. The highest BCUT2D eigenvalue weighted by atomic mass is 16.5. The summed E-state index contributed by atoms with van der Waals surface area (Å²) in [4.78, 5) is 2.61. The van der Waals surface area contributed by atoms with Crippen LogP contribution in [0.4, 0.5) is 0 Å². The zero-order valence-electron chi connectivity index (χ0n) is 11.5. The molecule has 100 valence electrons. The van der Waals surface area contributed by atoms with Crippen LogP contribution in [0, 0.1) is 0 Å². The van der Waals surface area contributed by atoms with Crippen molar-refractivity contribution in [2.75, 3.05) is 26.2 Å². The minimum absolute atomic E-state index is 0.383. The molecule has 0 bridgehead atoms. The number of rotatable bonds is 8. The molecule has 0 aromatic carbocycles. The van der Waals surface area contributed by atoms with Crippen molar-refractivity contribution in [3.05, 3.63) is 0 Å². The Labute approximate surface area is 106 Å². The third-order valence-electron chi connectivity index (χ3n) is 3.64. The van der Waals surface area contributed by atoms with E-state index < -0.39 is 0 Å². The molecule has 1 saturated carbocycles. The van der Waals surface area contributed by atoms with Crippen LogP contribution in [0.5, 0.6) is 0 Å². The van der Waals surface area contributed by atoms with Gasteiger partial charge in [-0.15, -0.1) is 0 Å². The number of unbranched alkanes of at least 4 members (excludes halogenated alkanes) is 1. The molecule has 1 aliphatic heterocycles. The van der Waals surface area contributed by atoms with Crippen LogP contribution < -0.4 is 5.32 Å². The van der Waals surface area contributed by atoms with Crippen molar-refractivity contribution in [1.82, 2.24) is 10.2 Å². The number of nitrogens with zero attached hydrogens (tertiary/aromatic N) is 1. The molecule has 1 unspecified atom stereocenters. The summed E-state index contributed by atoms with van der Waals surface area (Å²) >= 11 is 0. The van der Waals surface area contributed by atoms with Crippen LogP contribution >= 0.6 is 0 Å². The van der Waals surface area contributed by atoms with E-state index in [1.165, 1.54) is 51.7 Å². The Kier molecular flexibility index (Phi) is 5.26. The number of nitrogens with one attached hydrogen (secondary N) is 1. The molecule has 1 heterocycles. The van der Waals surface area contributed by atoms with Gasteiger partial charge in [-0.2, -0.15) is 0 Å². The SMILES string of the molecule is CC(C)OCCCCN1CCC(NC2CC2)C1. The predicted molar refractivity (Wildman–Crippen MR) is 71.3 cm³/mol. The van der Waals surface area contributed by atoms with Gasteiger partial charge in [-0.05, 0) is 59.0 Å². The van der Waals surface area contributed by atoms with Crippen molar-refractivity contribution < 1.29 is 4.74 Å². The summed E-state index contributed by atoms with van der Waals surface area (Å²) in [5, 5.41) is 3.73. The largest absolute Gasteiger partial charge is 0.379 e. The minimum atomic E-state index is 0.383. The number of hydrogen-bond donors (Lipinski definition) is 1. The van der Waals surface area contributed by atoms with Crippen molar-refractivity contribution in [2.24, 2.45) is 0 Å². The van der Waals surface area contributed by atoms with E-state index in [-0.39, 0.29) is 0 Å². The molecule has 0 amide bonds.